The zero-order valence-electron chi connectivity index (χ0n) is 14.3. The number of hydrogen-bond donors (Lipinski definition) is 2. The van der Waals surface area contributed by atoms with Crippen LogP contribution in [0.25, 0.3) is 0 Å². The molecular weight excluding hydrogens is 355 g/mol. The van der Waals surface area contributed by atoms with Crippen molar-refractivity contribution in [2.45, 2.75) is 13.1 Å². The number of anilines is 3. The van der Waals surface area contributed by atoms with Crippen LogP contribution in [0.15, 0.2) is 66.9 Å². The Labute approximate surface area is 154 Å². The Kier molecular flexibility index (Phi) is 5.12. The molecule has 138 valence electrons. The molecular formula is C20H16F3N3O. The van der Waals surface area contributed by atoms with Crippen LogP contribution in [0.2, 0.25) is 0 Å². The normalized spacial score (nSPS) is 11.1. The molecule has 7 heteroatoms. The van der Waals surface area contributed by atoms with Gasteiger partial charge in [0.2, 0.25) is 0 Å². The van der Waals surface area contributed by atoms with Crippen molar-refractivity contribution < 1.29 is 18.0 Å². The lowest BCUT2D eigenvalue weighted by molar-refractivity contribution is -0.137. The monoisotopic (exact) mass is 371 g/mol. The molecule has 0 unspecified atom stereocenters. The van der Waals surface area contributed by atoms with Gasteiger partial charge in [0.1, 0.15) is 5.82 Å². The molecule has 1 heterocycles. The molecule has 0 aliphatic rings. The summed E-state index contributed by atoms with van der Waals surface area (Å²) in [4.78, 5) is 16.3. The van der Waals surface area contributed by atoms with Gasteiger partial charge in [0.25, 0.3) is 5.91 Å². The van der Waals surface area contributed by atoms with Crippen molar-refractivity contribution in [3.63, 3.8) is 0 Å². The molecule has 0 aliphatic heterocycles. The minimum Gasteiger partial charge on any atom is -0.354 e. The summed E-state index contributed by atoms with van der Waals surface area (Å²) in [6.45, 7) is 1.93. The Hall–Kier alpha value is -3.35. The molecule has 0 saturated heterocycles. The number of carbonyl (C=O) groups is 1. The van der Waals surface area contributed by atoms with E-state index in [2.05, 4.69) is 15.6 Å². The van der Waals surface area contributed by atoms with E-state index in [1.807, 2.05) is 19.1 Å². The first-order chi connectivity index (χ1) is 12.8. The van der Waals surface area contributed by atoms with E-state index >= 15 is 0 Å². The minimum absolute atomic E-state index is 0.291. The van der Waals surface area contributed by atoms with E-state index in [4.69, 9.17) is 0 Å². The second kappa shape index (κ2) is 7.49. The predicted octanol–water partition coefficient (Wildman–Crippen LogP) is 5.40. The number of aryl methyl sites for hydroxylation is 1. The van der Waals surface area contributed by atoms with Gasteiger partial charge >= 0.3 is 6.18 Å². The third-order valence-corrected chi connectivity index (χ3v) is 3.80. The minimum atomic E-state index is -4.40. The number of carbonyl (C=O) groups excluding carboxylic acids is 1. The first-order valence-corrected chi connectivity index (χ1v) is 8.09. The summed E-state index contributed by atoms with van der Waals surface area (Å²) in [6, 6.07) is 15.2. The maximum absolute atomic E-state index is 12.8. The van der Waals surface area contributed by atoms with Crippen molar-refractivity contribution in [2.75, 3.05) is 10.6 Å². The average Bonchev–Trinajstić information content (AvgIpc) is 2.63. The first kappa shape index (κ1) is 18.4. The largest absolute Gasteiger partial charge is 0.416 e. The Balaban J connectivity index is 1.67. The van der Waals surface area contributed by atoms with Crippen molar-refractivity contribution >= 4 is 23.1 Å². The highest BCUT2D eigenvalue weighted by Crippen LogP contribution is 2.31. The molecule has 4 nitrogen and oxygen atoms in total. The molecule has 0 radical (unpaired) electrons. The zero-order chi connectivity index (χ0) is 19.4. The summed E-state index contributed by atoms with van der Waals surface area (Å²) < 4.78 is 38.3. The fourth-order valence-corrected chi connectivity index (χ4v) is 2.38. The van der Waals surface area contributed by atoms with E-state index in [0.29, 0.717) is 22.8 Å². The molecule has 1 aromatic heterocycles. The molecule has 1 amide bonds. The standard InChI is InChI=1S/C20H16F3N3O/c1-13-5-7-14(8-6-13)19(27)26-18-10-9-17(12-24-18)25-16-4-2-3-15(11-16)20(21,22)23/h2-12,25H,1H3,(H,24,26,27). The van der Waals surface area contributed by atoms with Crippen LogP contribution in [0, 0.1) is 6.92 Å². The number of amides is 1. The lowest BCUT2D eigenvalue weighted by Gasteiger charge is -2.11. The molecule has 2 aromatic carbocycles. The lowest BCUT2D eigenvalue weighted by Crippen LogP contribution is -2.12. The number of benzene rings is 2. The Morgan fingerprint density at radius 1 is 0.963 bits per heavy atom. The number of hydrogen-bond acceptors (Lipinski definition) is 3. The number of halogens is 3. The number of rotatable bonds is 4. The molecule has 27 heavy (non-hydrogen) atoms. The molecule has 3 aromatic rings. The van der Waals surface area contributed by atoms with Crippen molar-refractivity contribution in [2.24, 2.45) is 0 Å². The fraction of sp³-hybridized carbons (Fsp3) is 0.100. The highest BCUT2D eigenvalue weighted by Gasteiger charge is 2.30. The Morgan fingerprint density at radius 3 is 2.33 bits per heavy atom. The predicted molar refractivity (Wildman–Crippen MR) is 98.1 cm³/mol. The highest BCUT2D eigenvalue weighted by atomic mass is 19.4. The molecule has 0 aliphatic carbocycles. The van der Waals surface area contributed by atoms with Gasteiger partial charge in [-0.2, -0.15) is 13.2 Å². The third-order valence-electron chi connectivity index (χ3n) is 3.80. The molecule has 0 bridgehead atoms. The van der Waals surface area contributed by atoms with Crippen molar-refractivity contribution in [3.8, 4) is 0 Å². The van der Waals surface area contributed by atoms with Crippen LogP contribution in [0.5, 0.6) is 0 Å². The summed E-state index contributed by atoms with van der Waals surface area (Å²) in [7, 11) is 0. The van der Waals surface area contributed by atoms with Gasteiger partial charge in [0.15, 0.2) is 0 Å². The van der Waals surface area contributed by atoms with Gasteiger partial charge < -0.3 is 10.6 Å². The summed E-state index contributed by atoms with van der Waals surface area (Å²) >= 11 is 0. The van der Waals surface area contributed by atoms with E-state index in [-0.39, 0.29) is 5.91 Å². The molecule has 0 saturated carbocycles. The topological polar surface area (TPSA) is 54.0 Å². The molecule has 0 atom stereocenters. The number of alkyl halides is 3. The average molecular weight is 371 g/mol. The number of aromatic nitrogens is 1. The summed E-state index contributed by atoms with van der Waals surface area (Å²) in [5, 5.41) is 5.53. The second-order valence-corrected chi connectivity index (χ2v) is 5.96. The van der Waals surface area contributed by atoms with Gasteiger partial charge in [-0.05, 0) is 49.4 Å². The van der Waals surface area contributed by atoms with E-state index in [1.54, 1.807) is 24.3 Å². The SMILES string of the molecule is Cc1ccc(C(=O)Nc2ccc(Nc3cccc(C(F)(F)F)c3)cn2)cc1. The molecule has 0 spiro atoms. The van der Waals surface area contributed by atoms with Gasteiger partial charge in [-0.3, -0.25) is 4.79 Å². The molecule has 0 fully saturated rings. The number of nitrogens with zero attached hydrogens (tertiary/aromatic N) is 1. The van der Waals surface area contributed by atoms with Crippen LogP contribution in [0.3, 0.4) is 0 Å². The maximum atomic E-state index is 12.8. The summed E-state index contributed by atoms with van der Waals surface area (Å²) in [5.74, 6) is 0.0521. The van der Waals surface area contributed by atoms with E-state index in [9.17, 15) is 18.0 Å². The van der Waals surface area contributed by atoms with Gasteiger partial charge in [-0.1, -0.05) is 23.8 Å². The van der Waals surface area contributed by atoms with Crippen molar-refractivity contribution in [1.82, 2.24) is 4.98 Å². The second-order valence-electron chi connectivity index (χ2n) is 5.96. The molecule has 3 rings (SSSR count). The smallest absolute Gasteiger partial charge is 0.354 e. The zero-order valence-corrected chi connectivity index (χ0v) is 14.3. The van der Waals surface area contributed by atoms with E-state index in [1.165, 1.54) is 18.3 Å². The third kappa shape index (κ3) is 4.84. The fourth-order valence-electron chi connectivity index (χ4n) is 2.38. The van der Waals surface area contributed by atoms with Gasteiger partial charge in [0.05, 0.1) is 17.4 Å². The Morgan fingerprint density at radius 2 is 1.70 bits per heavy atom. The van der Waals surface area contributed by atoms with Gasteiger partial charge in [0, 0.05) is 11.3 Å². The van der Waals surface area contributed by atoms with Gasteiger partial charge in [-0.25, -0.2) is 4.98 Å². The quantitative estimate of drug-likeness (QED) is 0.645. The lowest BCUT2D eigenvalue weighted by atomic mass is 10.1. The van der Waals surface area contributed by atoms with Crippen LogP contribution in [0.4, 0.5) is 30.4 Å². The summed E-state index contributed by atoms with van der Waals surface area (Å²) in [5.41, 5.74) is 1.62. The van der Waals surface area contributed by atoms with Crippen LogP contribution < -0.4 is 10.6 Å². The maximum Gasteiger partial charge on any atom is 0.416 e. The first-order valence-electron chi connectivity index (χ1n) is 8.09. The van der Waals surface area contributed by atoms with Crippen molar-refractivity contribution in [3.05, 3.63) is 83.6 Å². The summed E-state index contributed by atoms with van der Waals surface area (Å²) in [6.07, 6.45) is -2.97. The number of pyridine rings is 1. The van der Waals surface area contributed by atoms with Crippen molar-refractivity contribution in [1.29, 1.82) is 0 Å². The van der Waals surface area contributed by atoms with Crippen LogP contribution in [-0.2, 0) is 6.18 Å². The molecule has 2 N–H and O–H groups in total. The van der Waals surface area contributed by atoms with Crippen LogP contribution in [0.1, 0.15) is 21.5 Å². The van der Waals surface area contributed by atoms with Gasteiger partial charge in [-0.15, -0.1) is 0 Å². The van der Waals surface area contributed by atoms with Crippen LogP contribution in [-0.4, -0.2) is 10.9 Å². The highest BCUT2D eigenvalue weighted by molar-refractivity contribution is 6.03. The van der Waals surface area contributed by atoms with E-state index in [0.717, 1.165) is 17.7 Å². The van der Waals surface area contributed by atoms with Crippen LogP contribution >= 0.6 is 0 Å². The number of nitrogens with one attached hydrogen (secondary N) is 2. The van der Waals surface area contributed by atoms with E-state index < -0.39 is 11.7 Å². The Bertz CT molecular complexity index is 936.